The van der Waals surface area contributed by atoms with Crippen molar-refractivity contribution in [3.63, 3.8) is 0 Å². The Morgan fingerprint density at radius 2 is 2.38 bits per heavy atom. The Kier molecular flexibility index (Phi) is 1.74. The number of ether oxygens (including phenoxy) is 1. The highest BCUT2D eigenvalue weighted by Gasteiger charge is 2.48. The van der Waals surface area contributed by atoms with Gasteiger partial charge in [0.2, 0.25) is 5.91 Å². The van der Waals surface area contributed by atoms with Gasteiger partial charge >= 0.3 is 0 Å². The minimum absolute atomic E-state index is 0.0821. The van der Waals surface area contributed by atoms with Crippen LogP contribution >= 0.6 is 0 Å². The van der Waals surface area contributed by atoms with E-state index in [0.717, 1.165) is 0 Å². The summed E-state index contributed by atoms with van der Waals surface area (Å²) >= 11 is 0. The summed E-state index contributed by atoms with van der Waals surface area (Å²) in [4.78, 5) is 13.4. The van der Waals surface area contributed by atoms with E-state index in [-0.39, 0.29) is 11.9 Å². The summed E-state index contributed by atoms with van der Waals surface area (Å²) < 4.78 is 5.63. The van der Waals surface area contributed by atoms with Crippen LogP contribution in [-0.2, 0) is 9.53 Å². The first-order valence-electron chi connectivity index (χ1n) is 4.71. The number of hydrogen-bond donors (Lipinski definition) is 0. The molecule has 0 aromatic carbocycles. The molecule has 0 saturated carbocycles. The topological polar surface area (TPSA) is 29.5 Å². The molecule has 0 aromatic rings. The molecule has 2 atom stereocenters. The molecule has 2 rings (SSSR count). The zero-order valence-electron chi connectivity index (χ0n) is 8.28. The van der Waals surface area contributed by atoms with Gasteiger partial charge in [-0.05, 0) is 18.9 Å². The van der Waals surface area contributed by atoms with Crippen LogP contribution in [0.4, 0.5) is 0 Å². The third-order valence-corrected chi connectivity index (χ3v) is 2.90. The van der Waals surface area contributed by atoms with Gasteiger partial charge in [0, 0.05) is 6.08 Å². The van der Waals surface area contributed by atoms with E-state index >= 15 is 0 Å². The highest BCUT2D eigenvalue weighted by atomic mass is 16.5. The molecule has 1 saturated heterocycles. The van der Waals surface area contributed by atoms with Crippen LogP contribution in [-0.4, -0.2) is 29.2 Å². The van der Waals surface area contributed by atoms with Crippen molar-refractivity contribution < 1.29 is 9.53 Å². The molecule has 2 unspecified atom stereocenters. The molecule has 2 heterocycles. The van der Waals surface area contributed by atoms with Gasteiger partial charge in [-0.25, -0.2) is 0 Å². The van der Waals surface area contributed by atoms with Crippen molar-refractivity contribution in [2.45, 2.75) is 32.5 Å². The van der Waals surface area contributed by atoms with Gasteiger partial charge in [0.1, 0.15) is 0 Å². The smallest absolute Gasteiger partial charge is 0.249 e. The second kappa shape index (κ2) is 2.58. The van der Waals surface area contributed by atoms with Crippen molar-refractivity contribution >= 4 is 5.91 Å². The zero-order chi connectivity index (χ0) is 9.64. The Hall–Kier alpha value is -0.830. The highest BCUT2D eigenvalue weighted by Crippen LogP contribution is 2.35. The number of carbonyl (C=O) groups excluding carboxylic acids is 1. The molecule has 2 aliphatic heterocycles. The maximum absolute atomic E-state index is 11.5. The second-order valence-electron chi connectivity index (χ2n) is 4.22. The van der Waals surface area contributed by atoms with Crippen LogP contribution < -0.4 is 0 Å². The molecule has 0 aliphatic carbocycles. The lowest BCUT2D eigenvalue weighted by Crippen LogP contribution is -2.45. The van der Waals surface area contributed by atoms with Gasteiger partial charge in [0.25, 0.3) is 0 Å². The molecule has 1 fully saturated rings. The van der Waals surface area contributed by atoms with E-state index in [4.69, 9.17) is 4.74 Å². The predicted molar refractivity (Wildman–Crippen MR) is 49.0 cm³/mol. The van der Waals surface area contributed by atoms with Crippen LogP contribution in [0.1, 0.15) is 20.8 Å². The van der Waals surface area contributed by atoms with Crippen molar-refractivity contribution in [1.29, 1.82) is 0 Å². The standard InChI is InChI=1S/C10H15NO2/c1-7(2)8-6-13-10(3)5-4-9(12)11(8)10/h4-5,7-8H,6H2,1-3H3. The second-order valence-corrected chi connectivity index (χ2v) is 4.22. The van der Waals surface area contributed by atoms with E-state index in [1.54, 1.807) is 6.08 Å². The van der Waals surface area contributed by atoms with Gasteiger partial charge in [0.15, 0.2) is 5.72 Å². The Bertz CT molecular complexity index is 272. The summed E-state index contributed by atoms with van der Waals surface area (Å²) in [6.45, 7) is 6.83. The van der Waals surface area contributed by atoms with E-state index < -0.39 is 5.72 Å². The third-order valence-electron chi connectivity index (χ3n) is 2.90. The van der Waals surface area contributed by atoms with Crippen molar-refractivity contribution in [1.82, 2.24) is 4.90 Å². The van der Waals surface area contributed by atoms with Gasteiger partial charge in [-0.15, -0.1) is 0 Å². The van der Waals surface area contributed by atoms with E-state index in [0.29, 0.717) is 12.5 Å². The van der Waals surface area contributed by atoms with Crippen LogP contribution in [0, 0.1) is 5.92 Å². The summed E-state index contributed by atoms with van der Waals surface area (Å²) in [5.41, 5.74) is -0.466. The first-order chi connectivity index (χ1) is 6.04. The first kappa shape index (κ1) is 8.75. The van der Waals surface area contributed by atoms with Crippen LogP contribution in [0.25, 0.3) is 0 Å². The average Bonchev–Trinajstić information content (AvgIpc) is 2.50. The number of rotatable bonds is 1. The number of carbonyl (C=O) groups is 1. The summed E-state index contributed by atoms with van der Waals surface area (Å²) in [6.07, 6.45) is 3.45. The summed E-state index contributed by atoms with van der Waals surface area (Å²) in [5, 5.41) is 0. The third kappa shape index (κ3) is 1.10. The minimum atomic E-state index is -0.466. The zero-order valence-corrected chi connectivity index (χ0v) is 8.28. The molecule has 1 amide bonds. The summed E-state index contributed by atoms with van der Waals surface area (Å²) in [7, 11) is 0. The normalized spacial score (nSPS) is 37.7. The van der Waals surface area contributed by atoms with Gasteiger partial charge in [-0.3, -0.25) is 4.79 Å². The molecule has 13 heavy (non-hydrogen) atoms. The quantitative estimate of drug-likeness (QED) is 0.607. The van der Waals surface area contributed by atoms with Gasteiger partial charge in [-0.1, -0.05) is 13.8 Å². The van der Waals surface area contributed by atoms with Crippen LogP contribution in [0.5, 0.6) is 0 Å². The molecule has 0 aromatic heterocycles. The first-order valence-corrected chi connectivity index (χ1v) is 4.71. The number of amides is 1. The number of nitrogens with zero attached hydrogens (tertiary/aromatic N) is 1. The molecule has 0 spiro atoms. The lowest BCUT2D eigenvalue weighted by molar-refractivity contribution is -0.134. The summed E-state index contributed by atoms with van der Waals surface area (Å²) in [6, 6.07) is 0.229. The molecule has 72 valence electrons. The van der Waals surface area contributed by atoms with Crippen LogP contribution in [0.2, 0.25) is 0 Å². The van der Waals surface area contributed by atoms with E-state index in [1.807, 2.05) is 17.9 Å². The van der Waals surface area contributed by atoms with Crippen molar-refractivity contribution in [3.05, 3.63) is 12.2 Å². The van der Waals surface area contributed by atoms with E-state index in [9.17, 15) is 4.79 Å². The SMILES string of the molecule is CC(C)C1COC2(C)C=CC(=O)N12. The molecule has 3 nitrogen and oxygen atoms in total. The Labute approximate surface area is 78.4 Å². The minimum Gasteiger partial charge on any atom is -0.350 e. The average molecular weight is 181 g/mol. The number of fused-ring (bicyclic) bond motifs is 1. The maximum Gasteiger partial charge on any atom is 0.249 e. The Morgan fingerprint density at radius 3 is 3.00 bits per heavy atom. The monoisotopic (exact) mass is 181 g/mol. The lowest BCUT2D eigenvalue weighted by Gasteiger charge is -2.30. The van der Waals surface area contributed by atoms with Gasteiger partial charge < -0.3 is 9.64 Å². The highest BCUT2D eigenvalue weighted by molar-refractivity contribution is 5.91. The molecular weight excluding hydrogens is 166 g/mol. The molecule has 2 aliphatic rings. The maximum atomic E-state index is 11.5. The number of hydrogen-bond acceptors (Lipinski definition) is 2. The molecular formula is C10H15NO2. The fourth-order valence-electron chi connectivity index (χ4n) is 2.03. The Morgan fingerprint density at radius 1 is 1.69 bits per heavy atom. The van der Waals surface area contributed by atoms with Crippen molar-refractivity contribution in [2.75, 3.05) is 6.61 Å². The van der Waals surface area contributed by atoms with Crippen LogP contribution in [0.3, 0.4) is 0 Å². The largest absolute Gasteiger partial charge is 0.350 e. The van der Waals surface area contributed by atoms with Gasteiger partial charge in [-0.2, -0.15) is 0 Å². The fraction of sp³-hybridized carbons (Fsp3) is 0.700. The van der Waals surface area contributed by atoms with Gasteiger partial charge in [0.05, 0.1) is 12.6 Å². The predicted octanol–water partition coefficient (Wildman–Crippen LogP) is 1.16. The molecule has 3 heteroatoms. The van der Waals surface area contributed by atoms with E-state index in [2.05, 4.69) is 13.8 Å². The lowest BCUT2D eigenvalue weighted by atomic mass is 10.0. The molecule has 0 N–H and O–H groups in total. The van der Waals surface area contributed by atoms with E-state index in [1.165, 1.54) is 0 Å². The Balaban J connectivity index is 2.28. The van der Waals surface area contributed by atoms with Crippen LogP contribution in [0.15, 0.2) is 12.2 Å². The van der Waals surface area contributed by atoms with Crippen molar-refractivity contribution in [3.8, 4) is 0 Å². The fourth-order valence-corrected chi connectivity index (χ4v) is 2.03. The van der Waals surface area contributed by atoms with Crippen molar-refractivity contribution in [2.24, 2.45) is 5.92 Å². The molecule has 0 bridgehead atoms. The molecule has 0 radical (unpaired) electrons. The summed E-state index contributed by atoms with van der Waals surface area (Å²) in [5.74, 6) is 0.532.